The number of benzene rings is 1. The fourth-order valence-electron chi connectivity index (χ4n) is 1.61. The molecule has 0 saturated heterocycles. The Labute approximate surface area is 115 Å². The van der Waals surface area contributed by atoms with Gasteiger partial charge in [-0.05, 0) is 24.1 Å². The zero-order valence-corrected chi connectivity index (χ0v) is 11.0. The van der Waals surface area contributed by atoms with Crippen molar-refractivity contribution < 1.29 is 4.79 Å². The van der Waals surface area contributed by atoms with E-state index in [0.717, 1.165) is 12.0 Å². The predicted molar refractivity (Wildman–Crippen MR) is 72.6 cm³/mol. The average Bonchev–Trinajstić information content (AvgIpc) is 2.75. The van der Waals surface area contributed by atoms with E-state index in [9.17, 15) is 4.79 Å². The van der Waals surface area contributed by atoms with Crippen LogP contribution in [0.3, 0.4) is 0 Å². The van der Waals surface area contributed by atoms with Crippen LogP contribution in [0.25, 0.3) is 0 Å². The molecular weight excluding hydrogens is 266 g/mol. The van der Waals surface area contributed by atoms with Crippen LogP contribution in [-0.2, 0) is 17.8 Å². The number of anilines is 1. The van der Waals surface area contributed by atoms with Gasteiger partial charge in [0, 0.05) is 11.6 Å². The zero-order chi connectivity index (χ0) is 13.7. The normalized spacial score (nSPS) is 10.4. The highest BCUT2D eigenvalue weighted by molar-refractivity contribution is 6.30. The molecule has 0 spiro atoms. The first kappa shape index (κ1) is 13.4. The van der Waals surface area contributed by atoms with E-state index in [2.05, 4.69) is 15.5 Å². The van der Waals surface area contributed by atoms with Gasteiger partial charge in [-0.1, -0.05) is 23.7 Å². The van der Waals surface area contributed by atoms with Gasteiger partial charge in [0.2, 0.25) is 5.91 Å². The smallest absolute Gasteiger partial charge is 0.243 e. The Morgan fingerprint density at radius 2 is 2.32 bits per heavy atom. The molecule has 0 bridgehead atoms. The molecule has 0 aliphatic carbocycles. The number of nitrogen functional groups attached to an aromatic ring is 1. The third-order valence-corrected chi connectivity index (χ3v) is 2.70. The molecule has 0 aliphatic heterocycles. The highest BCUT2D eigenvalue weighted by Crippen LogP contribution is 2.10. The third kappa shape index (κ3) is 4.26. The van der Waals surface area contributed by atoms with Crippen LogP contribution in [-0.4, -0.2) is 27.4 Å². The molecule has 7 heteroatoms. The summed E-state index contributed by atoms with van der Waals surface area (Å²) in [5.74, 6) is 0.143. The van der Waals surface area contributed by atoms with Crippen LogP contribution in [0.4, 0.5) is 5.82 Å². The Balaban J connectivity index is 1.75. The maximum absolute atomic E-state index is 11.6. The van der Waals surface area contributed by atoms with E-state index in [-0.39, 0.29) is 12.5 Å². The minimum absolute atomic E-state index is 0.0622. The number of nitrogens with zero attached hydrogens (tertiary/aromatic N) is 3. The molecule has 2 rings (SSSR count). The van der Waals surface area contributed by atoms with Crippen molar-refractivity contribution in [3.05, 3.63) is 41.0 Å². The topological polar surface area (TPSA) is 85.8 Å². The van der Waals surface area contributed by atoms with Gasteiger partial charge in [-0.15, -0.1) is 5.10 Å². The molecule has 6 nitrogen and oxygen atoms in total. The third-order valence-electron chi connectivity index (χ3n) is 2.46. The van der Waals surface area contributed by atoms with Crippen molar-refractivity contribution in [3.8, 4) is 0 Å². The second kappa shape index (κ2) is 6.19. The van der Waals surface area contributed by atoms with E-state index in [1.807, 2.05) is 24.3 Å². The maximum atomic E-state index is 11.6. The molecule has 0 aliphatic rings. The zero-order valence-electron chi connectivity index (χ0n) is 10.2. The summed E-state index contributed by atoms with van der Waals surface area (Å²) in [7, 11) is 0. The van der Waals surface area contributed by atoms with Crippen LogP contribution >= 0.6 is 11.6 Å². The Kier molecular flexibility index (Phi) is 4.35. The van der Waals surface area contributed by atoms with E-state index >= 15 is 0 Å². The van der Waals surface area contributed by atoms with Gasteiger partial charge < -0.3 is 11.1 Å². The minimum Gasteiger partial charge on any atom is -0.381 e. The minimum atomic E-state index is -0.155. The summed E-state index contributed by atoms with van der Waals surface area (Å²) in [6.45, 7) is 0.600. The number of halogens is 1. The molecule has 1 heterocycles. The van der Waals surface area contributed by atoms with Crippen LogP contribution in [0.2, 0.25) is 5.02 Å². The van der Waals surface area contributed by atoms with Crippen LogP contribution in [0.15, 0.2) is 30.5 Å². The molecule has 100 valence electrons. The molecule has 1 amide bonds. The van der Waals surface area contributed by atoms with E-state index in [1.54, 1.807) is 0 Å². The lowest BCUT2D eigenvalue weighted by Crippen LogP contribution is -2.30. The Bertz CT molecular complexity index is 569. The van der Waals surface area contributed by atoms with E-state index in [4.69, 9.17) is 17.3 Å². The van der Waals surface area contributed by atoms with Gasteiger partial charge in [0.15, 0.2) is 5.82 Å². The molecule has 2 aromatic rings. The number of carbonyl (C=O) groups excluding carboxylic acids is 1. The summed E-state index contributed by atoms with van der Waals surface area (Å²) in [5, 5.41) is 11.1. The first-order valence-corrected chi connectivity index (χ1v) is 6.18. The molecule has 1 aromatic heterocycles. The first-order chi connectivity index (χ1) is 9.13. The van der Waals surface area contributed by atoms with Crippen LogP contribution < -0.4 is 11.1 Å². The van der Waals surface area contributed by atoms with Crippen molar-refractivity contribution in [2.45, 2.75) is 13.0 Å². The van der Waals surface area contributed by atoms with Crippen molar-refractivity contribution in [2.24, 2.45) is 0 Å². The SMILES string of the molecule is Nc1cnn(CC(=O)NCCc2cccc(Cl)c2)n1. The number of carbonyl (C=O) groups is 1. The molecule has 3 N–H and O–H groups in total. The summed E-state index contributed by atoms with van der Waals surface area (Å²) in [5.41, 5.74) is 6.48. The standard InChI is InChI=1S/C12H14ClN5O/c13-10-3-1-2-9(6-10)4-5-15-12(19)8-18-16-7-11(14)17-18/h1-3,6-7H,4-5,8H2,(H2,14,17)(H,15,19). The quantitative estimate of drug-likeness (QED) is 0.850. The van der Waals surface area contributed by atoms with Crippen molar-refractivity contribution in [3.63, 3.8) is 0 Å². The highest BCUT2D eigenvalue weighted by Gasteiger charge is 2.04. The van der Waals surface area contributed by atoms with Gasteiger partial charge in [0.25, 0.3) is 0 Å². The van der Waals surface area contributed by atoms with Crippen molar-refractivity contribution in [2.75, 3.05) is 12.3 Å². The summed E-state index contributed by atoms with van der Waals surface area (Å²) >= 11 is 5.88. The van der Waals surface area contributed by atoms with E-state index < -0.39 is 0 Å². The van der Waals surface area contributed by atoms with Crippen molar-refractivity contribution in [1.29, 1.82) is 0 Å². The number of hydrogen-bond acceptors (Lipinski definition) is 4. The molecule has 1 aromatic carbocycles. The largest absolute Gasteiger partial charge is 0.381 e. The molecule has 0 radical (unpaired) electrons. The van der Waals surface area contributed by atoms with Gasteiger partial charge in [0.1, 0.15) is 6.54 Å². The summed E-state index contributed by atoms with van der Waals surface area (Å²) in [4.78, 5) is 12.9. The van der Waals surface area contributed by atoms with Gasteiger partial charge in [0.05, 0.1) is 6.20 Å². The van der Waals surface area contributed by atoms with Crippen LogP contribution in [0.5, 0.6) is 0 Å². The molecule has 19 heavy (non-hydrogen) atoms. The monoisotopic (exact) mass is 279 g/mol. The number of nitrogens with one attached hydrogen (secondary N) is 1. The number of rotatable bonds is 5. The molecule has 0 fully saturated rings. The Hall–Kier alpha value is -2.08. The molecular formula is C12H14ClN5O. The lowest BCUT2D eigenvalue weighted by Gasteiger charge is -2.05. The Morgan fingerprint density at radius 1 is 1.47 bits per heavy atom. The van der Waals surface area contributed by atoms with Crippen molar-refractivity contribution >= 4 is 23.3 Å². The van der Waals surface area contributed by atoms with E-state index in [0.29, 0.717) is 17.4 Å². The lowest BCUT2D eigenvalue weighted by molar-refractivity contribution is -0.122. The second-order valence-electron chi connectivity index (χ2n) is 4.03. The van der Waals surface area contributed by atoms with Gasteiger partial charge >= 0.3 is 0 Å². The fraction of sp³-hybridized carbons (Fsp3) is 0.250. The van der Waals surface area contributed by atoms with Gasteiger partial charge in [-0.2, -0.15) is 9.90 Å². The van der Waals surface area contributed by atoms with Crippen molar-refractivity contribution in [1.82, 2.24) is 20.3 Å². The van der Waals surface area contributed by atoms with Crippen LogP contribution in [0.1, 0.15) is 5.56 Å². The predicted octanol–water partition coefficient (Wildman–Crippen LogP) is 0.873. The molecule has 0 atom stereocenters. The highest BCUT2D eigenvalue weighted by atomic mass is 35.5. The number of amides is 1. The number of aromatic nitrogens is 3. The van der Waals surface area contributed by atoms with Gasteiger partial charge in [-0.25, -0.2) is 0 Å². The maximum Gasteiger partial charge on any atom is 0.243 e. The first-order valence-electron chi connectivity index (χ1n) is 5.80. The molecule has 0 saturated carbocycles. The fourth-order valence-corrected chi connectivity index (χ4v) is 1.82. The summed E-state index contributed by atoms with van der Waals surface area (Å²) in [6, 6.07) is 7.55. The summed E-state index contributed by atoms with van der Waals surface area (Å²) in [6.07, 6.45) is 2.13. The summed E-state index contributed by atoms with van der Waals surface area (Å²) < 4.78 is 0. The van der Waals surface area contributed by atoms with Crippen LogP contribution in [0, 0.1) is 0 Å². The average molecular weight is 280 g/mol. The molecule has 0 unspecified atom stereocenters. The van der Waals surface area contributed by atoms with E-state index in [1.165, 1.54) is 11.0 Å². The van der Waals surface area contributed by atoms with Gasteiger partial charge in [-0.3, -0.25) is 4.79 Å². The second-order valence-corrected chi connectivity index (χ2v) is 4.47. The lowest BCUT2D eigenvalue weighted by atomic mass is 10.1. The Morgan fingerprint density at radius 3 is 3.00 bits per heavy atom. The number of hydrogen-bond donors (Lipinski definition) is 2. The number of nitrogens with two attached hydrogens (primary N) is 1.